The predicted molar refractivity (Wildman–Crippen MR) is 71.7 cm³/mol. The third-order valence-electron chi connectivity index (χ3n) is 3.30. The molecule has 0 bridgehead atoms. The molecule has 0 atom stereocenters. The second kappa shape index (κ2) is 5.81. The molecule has 1 fully saturated rings. The zero-order chi connectivity index (χ0) is 14.7. The number of carboxylic acids is 1. The number of ether oxygens (including phenoxy) is 1. The van der Waals surface area contributed by atoms with E-state index in [1.165, 1.54) is 7.11 Å². The summed E-state index contributed by atoms with van der Waals surface area (Å²) in [6.07, 6.45) is 3.15. The minimum atomic E-state index is -1.07. The molecule has 0 aliphatic carbocycles. The summed E-state index contributed by atoms with van der Waals surface area (Å²) in [5, 5.41) is 13.0. The Morgan fingerprint density at radius 2 is 2.00 bits per heavy atom. The number of esters is 1. The van der Waals surface area contributed by atoms with Crippen molar-refractivity contribution in [2.75, 3.05) is 30.8 Å². The van der Waals surface area contributed by atoms with E-state index in [1.54, 1.807) is 0 Å². The molecule has 110 valence electrons. The van der Waals surface area contributed by atoms with Crippen molar-refractivity contribution in [3.8, 4) is 0 Å². The Morgan fingerprint density at radius 1 is 1.35 bits per heavy atom. The number of nitrogens with zero attached hydrogens (tertiary/aromatic N) is 3. The van der Waals surface area contributed by atoms with E-state index in [2.05, 4.69) is 5.10 Å². The molecule has 2 heterocycles. The molecule has 0 unspecified atom stereocenters. The van der Waals surface area contributed by atoms with Gasteiger partial charge in [0.15, 0.2) is 5.82 Å². The molecule has 3 N–H and O–H groups in total. The van der Waals surface area contributed by atoms with Crippen LogP contribution in [0.15, 0.2) is 0 Å². The van der Waals surface area contributed by atoms with Crippen LogP contribution in [0.2, 0.25) is 0 Å². The van der Waals surface area contributed by atoms with Gasteiger partial charge in [0.05, 0.1) is 7.11 Å². The number of aliphatic carboxylic acids is 1. The maximum absolute atomic E-state index is 11.9. The lowest BCUT2D eigenvalue weighted by Gasteiger charge is -2.27. The Balaban J connectivity index is 2.41. The van der Waals surface area contributed by atoms with Gasteiger partial charge < -0.3 is 20.5 Å². The van der Waals surface area contributed by atoms with Crippen LogP contribution in [-0.4, -0.2) is 47.0 Å². The minimum Gasteiger partial charge on any atom is -0.480 e. The van der Waals surface area contributed by atoms with Gasteiger partial charge in [-0.15, -0.1) is 0 Å². The molecule has 0 amide bonds. The van der Waals surface area contributed by atoms with Gasteiger partial charge in [0.25, 0.3) is 0 Å². The van der Waals surface area contributed by atoms with E-state index in [9.17, 15) is 9.59 Å². The number of nitrogen functional groups attached to an aromatic ring is 1. The summed E-state index contributed by atoms with van der Waals surface area (Å²) in [6.45, 7) is 1.16. The Morgan fingerprint density at radius 3 is 2.55 bits per heavy atom. The third-order valence-corrected chi connectivity index (χ3v) is 3.30. The summed E-state index contributed by atoms with van der Waals surface area (Å²) in [5.41, 5.74) is 5.99. The fraction of sp³-hybridized carbons (Fsp3) is 0.583. The molecule has 1 aromatic rings. The minimum absolute atomic E-state index is 0.0276. The van der Waals surface area contributed by atoms with Gasteiger partial charge in [-0.05, 0) is 19.3 Å². The Bertz CT molecular complexity index is 520. The van der Waals surface area contributed by atoms with Crippen molar-refractivity contribution >= 4 is 23.6 Å². The lowest BCUT2D eigenvalue weighted by Crippen LogP contribution is -2.31. The maximum Gasteiger partial charge on any atom is 0.345 e. The molecule has 20 heavy (non-hydrogen) atoms. The monoisotopic (exact) mass is 282 g/mol. The summed E-state index contributed by atoms with van der Waals surface area (Å²) < 4.78 is 5.84. The van der Waals surface area contributed by atoms with Crippen molar-refractivity contribution in [2.24, 2.45) is 0 Å². The van der Waals surface area contributed by atoms with Gasteiger partial charge in [-0.3, -0.25) is 4.79 Å². The standard InChI is InChI=1S/C12H18N4O4/c1-20-12(19)9-10(13)16(7-8(17)18)14-11(9)15-5-3-2-4-6-15/h2-7,13H2,1H3,(H,17,18). The summed E-state index contributed by atoms with van der Waals surface area (Å²) in [7, 11) is 1.26. The van der Waals surface area contributed by atoms with E-state index < -0.39 is 11.9 Å². The van der Waals surface area contributed by atoms with Gasteiger partial charge in [-0.1, -0.05) is 0 Å². The lowest BCUT2D eigenvalue weighted by atomic mass is 10.1. The van der Waals surface area contributed by atoms with Crippen molar-refractivity contribution in [3.05, 3.63) is 5.56 Å². The number of aromatic nitrogens is 2. The Kier molecular flexibility index (Phi) is 4.11. The number of anilines is 2. The van der Waals surface area contributed by atoms with Gasteiger partial charge in [-0.25, -0.2) is 9.48 Å². The number of hydrogen-bond donors (Lipinski definition) is 2. The average molecular weight is 282 g/mol. The largest absolute Gasteiger partial charge is 0.480 e. The maximum atomic E-state index is 11.9. The summed E-state index contributed by atoms with van der Waals surface area (Å²) in [4.78, 5) is 24.6. The first-order chi connectivity index (χ1) is 9.54. The van der Waals surface area contributed by atoms with E-state index in [1.807, 2.05) is 4.90 Å². The fourth-order valence-electron chi connectivity index (χ4n) is 2.34. The van der Waals surface area contributed by atoms with Crippen molar-refractivity contribution in [2.45, 2.75) is 25.8 Å². The first-order valence-corrected chi connectivity index (χ1v) is 6.46. The number of carboxylic acid groups (broad SMARTS) is 1. The van der Waals surface area contributed by atoms with Crippen LogP contribution >= 0.6 is 0 Å². The number of carbonyl (C=O) groups is 2. The third kappa shape index (κ3) is 2.68. The molecule has 0 saturated carbocycles. The normalized spacial score (nSPS) is 15.2. The number of carbonyl (C=O) groups excluding carboxylic acids is 1. The fourth-order valence-corrected chi connectivity index (χ4v) is 2.34. The van der Waals surface area contributed by atoms with Gasteiger partial charge in [0.1, 0.15) is 17.9 Å². The second-order valence-corrected chi connectivity index (χ2v) is 4.67. The van der Waals surface area contributed by atoms with Crippen molar-refractivity contribution < 1.29 is 19.4 Å². The molecule has 0 radical (unpaired) electrons. The number of hydrogen-bond acceptors (Lipinski definition) is 6. The first-order valence-electron chi connectivity index (χ1n) is 6.46. The highest BCUT2D eigenvalue weighted by molar-refractivity contribution is 6.00. The number of rotatable bonds is 4. The molecule has 2 rings (SSSR count). The van der Waals surface area contributed by atoms with E-state index in [0.29, 0.717) is 5.82 Å². The van der Waals surface area contributed by atoms with E-state index >= 15 is 0 Å². The van der Waals surface area contributed by atoms with Gasteiger partial charge in [-0.2, -0.15) is 5.10 Å². The number of nitrogens with two attached hydrogens (primary N) is 1. The predicted octanol–water partition coefficient (Wildman–Crippen LogP) is 0.327. The zero-order valence-electron chi connectivity index (χ0n) is 11.3. The SMILES string of the molecule is COC(=O)c1c(N2CCCCC2)nn(CC(=O)O)c1N. The Labute approximate surface area is 116 Å². The summed E-state index contributed by atoms with van der Waals surface area (Å²) in [5.74, 6) is -1.23. The van der Waals surface area contributed by atoms with E-state index in [0.717, 1.165) is 37.0 Å². The molecular formula is C12H18N4O4. The van der Waals surface area contributed by atoms with Crippen LogP contribution in [0, 0.1) is 0 Å². The van der Waals surface area contributed by atoms with Gasteiger partial charge >= 0.3 is 11.9 Å². The van der Waals surface area contributed by atoms with Crippen LogP contribution in [0.3, 0.4) is 0 Å². The van der Waals surface area contributed by atoms with Gasteiger partial charge in [0.2, 0.25) is 0 Å². The molecule has 0 aromatic carbocycles. The van der Waals surface area contributed by atoms with Crippen molar-refractivity contribution in [3.63, 3.8) is 0 Å². The highest BCUT2D eigenvalue weighted by Crippen LogP contribution is 2.28. The van der Waals surface area contributed by atoms with Crippen LogP contribution < -0.4 is 10.6 Å². The topological polar surface area (TPSA) is 111 Å². The first kappa shape index (κ1) is 14.2. The van der Waals surface area contributed by atoms with Crippen LogP contribution in [0.1, 0.15) is 29.6 Å². The van der Waals surface area contributed by atoms with Gasteiger partial charge in [0, 0.05) is 13.1 Å². The van der Waals surface area contributed by atoms with Crippen LogP contribution in [0.4, 0.5) is 11.6 Å². The molecular weight excluding hydrogens is 264 g/mol. The highest BCUT2D eigenvalue weighted by Gasteiger charge is 2.28. The smallest absolute Gasteiger partial charge is 0.345 e. The van der Waals surface area contributed by atoms with E-state index in [4.69, 9.17) is 15.6 Å². The molecule has 8 nitrogen and oxygen atoms in total. The molecule has 0 spiro atoms. The summed E-state index contributed by atoms with van der Waals surface area (Å²) >= 11 is 0. The van der Waals surface area contributed by atoms with Crippen LogP contribution in [0.5, 0.6) is 0 Å². The molecule has 1 aliphatic heterocycles. The number of methoxy groups -OCH3 is 1. The molecule has 1 aromatic heterocycles. The second-order valence-electron chi connectivity index (χ2n) is 4.67. The Hall–Kier alpha value is -2.25. The summed E-state index contributed by atoms with van der Waals surface area (Å²) in [6, 6.07) is 0. The lowest BCUT2D eigenvalue weighted by molar-refractivity contribution is -0.137. The molecule has 8 heteroatoms. The molecule has 1 saturated heterocycles. The van der Waals surface area contributed by atoms with Crippen molar-refractivity contribution in [1.29, 1.82) is 0 Å². The quantitative estimate of drug-likeness (QED) is 0.765. The zero-order valence-corrected chi connectivity index (χ0v) is 11.3. The average Bonchev–Trinajstić information content (AvgIpc) is 2.76. The number of piperidine rings is 1. The van der Waals surface area contributed by atoms with E-state index in [-0.39, 0.29) is 17.9 Å². The van der Waals surface area contributed by atoms with Crippen LogP contribution in [-0.2, 0) is 16.1 Å². The van der Waals surface area contributed by atoms with Crippen molar-refractivity contribution in [1.82, 2.24) is 9.78 Å². The highest BCUT2D eigenvalue weighted by atomic mass is 16.5. The van der Waals surface area contributed by atoms with Crippen LogP contribution in [0.25, 0.3) is 0 Å². The molecule has 1 aliphatic rings.